The number of rotatable bonds is 10. The van der Waals surface area contributed by atoms with Gasteiger partial charge >= 0.3 is 0 Å². The van der Waals surface area contributed by atoms with Gasteiger partial charge in [-0.25, -0.2) is 0 Å². The van der Waals surface area contributed by atoms with E-state index in [-0.39, 0.29) is 11.8 Å². The van der Waals surface area contributed by atoms with E-state index in [0.717, 1.165) is 32.5 Å². The van der Waals surface area contributed by atoms with Crippen LogP contribution < -0.4 is 5.32 Å². The lowest BCUT2D eigenvalue weighted by molar-refractivity contribution is -0.140. The summed E-state index contributed by atoms with van der Waals surface area (Å²) < 4.78 is 1.03. The maximum atomic E-state index is 13.7. The maximum absolute atomic E-state index is 13.7. The summed E-state index contributed by atoms with van der Waals surface area (Å²) in [6.07, 6.45) is 0.456. The Hall–Kier alpha value is -2.57. The summed E-state index contributed by atoms with van der Waals surface area (Å²) in [6.45, 7) is 8.31. The van der Waals surface area contributed by atoms with Gasteiger partial charge in [0, 0.05) is 28.7 Å². The average Bonchev–Trinajstić information content (AvgIpc) is 2.83. The molecular formula is C30H35BrN2O2S. The summed E-state index contributed by atoms with van der Waals surface area (Å²) in [6, 6.07) is 25.6. The molecule has 0 aromatic heterocycles. The molecule has 3 rings (SSSR count). The Labute approximate surface area is 228 Å². The SMILES string of the molecule is Cc1ccc(CN(C(=O)CSCc2ccc(Br)cc2)[C@H](Cc2ccccc2)C(=O)NC(C)(C)C)cc1. The van der Waals surface area contributed by atoms with Crippen molar-refractivity contribution in [1.82, 2.24) is 10.2 Å². The standard InChI is InChI=1S/C30H35BrN2O2S/c1-22-10-12-24(13-11-22)19-33(28(34)21-36-20-25-14-16-26(31)17-15-25)27(29(35)32-30(2,3)4)18-23-8-6-5-7-9-23/h5-17,27H,18-21H2,1-4H3,(H,32,35)/t27-/m1/s1. The molecule has 4 nitrogen and oxygen atoms in total. The van der Waals surface area contributed by atoms with Crippen LogP contribution in [0.15, 0.2) is 83.3 Å². The highest BCUT2D eigenvalue weighted by Crippen LogP contribution is 2.20. The highest BCUT2D eigenvalue weighted by atomic mass is 79.9. The molecule has 1 atom stereocenters. The van der Waals surface area contributed by atoms with E-state index >= 15 is 0 Å². The lowest BCUT2D eigenvalue weighted by Crippen LogP contribution is -2.54. The normalized spacial score (nSPS) is 12.1. The molecule has 0 aliphatic rings. The Morgan fingerprint density at radius 2 is 1.50 bits per heavy atom. The number of thioether (sulfide) groups is 1. The van der Waals surface area contributed by atoms with E-state index in [2.05, 4.69) is 33.4 Å². The Kier molecular flexibility index (Phi) is 10.2. The number of halogens is 1. The molecule has 0 radical (unpaired) electrons. The first-order valence-electron chi connectivity index (χ1n) is 12.1. The van der Waals surface area contributed by atoms with Gasteiger partial charge in [0.05, 0.1) is 5.75 Å². The van der Waals surface area contributed by atoms with Gasteiger partial charge in [-0.1, -0.05) is 88.2 Å². The zero-order valence-electron chi connectivity index (χ0n) is 21.5. The monoisotopic (exact) mass is 566 g/mol. The Bertz CT molecular complexity index is 1130. The van der Waals surface area contributed by atoms with E-state index in [0.29, 0.717) is 18.7 Å². The Balaban J connectivity index is 1.85. The van der Waals surface area contributed by atoms with Crippen LogP contribution in [0, 0.1) is 6.92 Å². The van der Waals surface area contributed by atoms with E-state index in [1.807, 2.05) is 94.4 Å². The lowest BCUT2D eigenvalue weighted by Gasteiger charge is -2.34. The largest absolute Gasteiger partial charge is 0.350 e. The van der Waals surface area contributed by atoms with E-state index in [9.17, 15) is 9.59 Å². The van der Waals surface area contributed by atoms with Crippen molar-refractivity contribution < 1.29 is 9.59 Å². The molecule has 6 heteroatoms. The molecule has 190 valence electrons. The van der Waals surface area contributed by atoms with Crippen LogP contribution in [0.2, 0.25) is 0 Å². The van der Waals surface area contributed by atoms with Crippen molar-refractivity contribution in [2.75, 3.05) is 5.75 Å². The summed E-state index contributed by atoms with van der Waals surface area (Å²) in [5.74, 6) is 0.859. The molecule has 3 aromatic rings. The molecule has 36 heavy (non-hydrogen) atoms. The third-order valence-electron chi connectivity index (χ3n) is 5.65. The van der Waals surface area contributed by atoms with Gasteiger partial charge in [0.1, 0.15) is 6.04 Å². The van der Waals surface area contributed by atoms with Crippen molar-refractivity contribution in [2.24, 2.45) is 0 Å². The summed E-state index contributed by atoms with van der Waals surface area (Å²) in [5.41, 5.74) is 3.95. The third kappa shape index (κ3) is 9.14. The van der Waals surface area contributed by atoms with Crippen LogP contribution in [0.5, 0.6) is 0 Å². The predicted molar refractivity (Wildman–Crippen MR) is 154 cm³/mol. The molecule has 1 N–H and O–H groups in total. The Morgan fingerprint density at radius 3 is 2.11 bits per heavy atom. The van der Waals surface area contributed by atoms with Crippen LogP contribution in [0.25, 0.3) is 0 Å². The predicted octanol–water partition coefficient (Wildman–Crippen LogP) is 6.55. The molecule has 0 spiro atoms. The maximum Gasteiger partial charge on any atom is 0.243 e. The van der Waals surface area contributed by atoms with Gasteiger partial charge in [0.25, 0.3) is 0 Å². The van der Waals surface area contributed by atoms with Crippen LogP contribution in [0.4, 0.5) is 0 Å². The molecule has 0 heterocycles. The number of amides is 2. The highest BCUT2D eigenvalue weighted by Gasteiger charge is 2.32. The van der Waals surface area contributed by atoms with Crippen LogP contribution in [-0.2, 0) is 28.3 Å². The van der Waals surface area contributed by atoms with Crippen molar-refractivity contribution in [3.8, 4) is 0 Å². The zero-order chi connectivity index (χ0) is 26.1. The fourth-order valence-electron chi connectivity index (χ4n) is 3.82. The number of benzene rings is 3. The van der Waals surface area contributed by atoms with E-state index < -0.39 is 11.6 Å². The second-order valence-corrected chi connectivity index (χ2v) is 12.0. The highest BCUT2D eigenvalue weighted by molar-refractivity contribution is 9.10. The minimum Gasteiger partial charge on any atom is -0.350 e. The van der Waals surface area contributed by atoms with Crippen LogP contribution in [-0.4, -0.2) is 34.0 Å². The van der Waals surface area contributed by atoms with Gasteiger partial charge in [0.2, 0.25) is 11.8 Å². The summed E-state index contributed by atoms with van der Waals surface area (Å²) in [5, 5.41) is 3.11. The molecule has 0 fully saturated rings. The van der Waals surface area contributed by atoms with Crippen molar-refractivity contribution in [3.05, 3.63) is 106 Å². The van der Waals surface area contributed by atoms with Crippen LogP contribution in [0.1, 0.15) is 43.0 Å². The van der Waals surface area contributed by atoms with Gasteiger partial charge in [-0.15, -0.1) is 11.8 Å². The van der Waals surface area contributed by atoms with Crippen molar-refractivity contribution in [1.29, 1.82) is 0 Å². The number of nitrogens with one attached hydrogen (secondary N) is 1. The zero-order valence-corrected chi connectivity index (χ0v) is 23.9. The van der Waals surface area contributed by atoms with Crippen molar-refractivity contribution >= 4 is 39.5 Å². The second-order valence-electron chi connectivity index (χ2n) is 10.1. The quantitative estimate of drug-likeness (QED) is 0.303. The number of hydrogen-bond donors (Lipinski definition) is 1. The Morgan fingerprint density at radius 1 is 0.889 bits per heavy atom. The molecule has 0 aliphatic carbocycles. The van der Waals surface area contributed by atoms with Gasteiger partial charge < -0.3 is 10.2 Å². The van der Waals surface area contributed by atoms with E-state index in [1.54, 1.807) is 16.7 Å². The summed E-state index contributed by atoms with van der Waals surface area (Å²) >= 11 is 5.04. The fraction of sp³-hybridized carbons (Fsp3) is 0.333. The minimum atomic E-state index is -0.617. The second kappa shape index (κ2) is 13.1. The molecule has 0 aliphatic heterocycles. The molecule has 2 amide bonds. The van der Waals surface area contributed by atoms with Gasteiger partial charge in [0.15, 0.2) is 0 Å². The molecule has 3 aromatic carbocycles. The summed E-state index contributed by atoms with van der Waals surface area (Å²) in [4.78, 5) is 29.0. The first-order chi connectivity index (χ1) is 17.1. The number of nitrogens with zero attached hydrogens (tertiary/aromatic N) is 1. The van der Waals surface area contributed by atoms with E-state index in [4.69, 9.17) is 0 Å². The molecule has 0 saturated carbocycles. The third-order valence-corrected chi connectivity index (χ3v) is 7.17. The number of hydrogen-bond acceptors (Lipinski definition) is 3. The smallest absolute Gasteiger partial charge is 0.243 e. The number of carbonyl (C=O) groups is 2. The lowest BCUT2D eigenvalue weighted by atomic mass is 10.0. The first-order valence-corrected chi connectivity index (χ1v) is 14.1. The molecule has 0 bridgehead atoms. The van der Waals surface area contributed by atoms with Crippen molar-refractivity contribution in [2.45, 2.75) is 58.0 Å². The van der Waals surface area contributed by atoms with Crippen molar-refractivity contribution in [3.63, 3.8) is 0 Å². The first kappa shape index (κ1) is 28.0. The van der Waals surface area contributed by atoms with Gasteiger partial charge in [-0.05, 0) is 56.5 Å². The van der Waals surface area contributed by atoms with Crippen LogP contribution in [0.3, 0.4) is 0 Å². The van der Waals surface area contributed by atoms with Crippen LogP contribution >= 0.6 is 27.7 Å². The molecular weight excluding hydrogens is 532 g/mol. The summed E-state index contributed by atoms with van der Waals surface area (Å²) in [7, 11) is 0. The molecule has 0 unspecified atom stereocenters. The van der Waals surface area contributed by atoms with Gasteiger partial charge in [-0.3, -0.25) is 9.59 Å². The average molecular weight is 568 g/mol. The number of carbonyl (C=O) groups excluding carboxylic acids is 2. The minimum absolute atomic E-state index is 0.0392. The van der Waals surface area contributed by atoms with Gasteiger partial charge in [-0.2, -0.15) is 0 Å². The number of aryl methyl sites for hydroxylation is 1. The fourth-order valence-corrected chi connectivity index (χ4v) is 4.95. The molecule has 0 saturated heterocycles. The topological polar surface area (TPSA) is 49.4 Å². The van der Waals surface area contributed by atoms with E-state index in [1.165, 1.54) is 0 Å².